The molecule has 0 unspecified atom stereocenters. The second-order valence-corrected chi connectivity index (χ2v) is 18.1. The van der Waals surface area contributed by atoms with Gasteiger partial charge in [0.05, 0.1) is 80.0 Å². The predicted octanol–water partition coefficient (Wildman–Crippen LogP) is 14.4. The van der Waals surface area contributed by atoms with Crippen molar-refractivity contribution in [3.63, 3.8) is 0 Å². The molecule has 0 aliphatic rings. The van der Waals surface area contributed by atoms with Crippen LogP contribution in [0.4, 0.5) is 0 Å². The van der Waals surface area contributed by atoms with Crippen LogP contribution in [-0.2, 0) is 0 Å². The van der Waals surface area contributed by atoms with Gasteiger partial charge in [-0.3, -0.25) is 0 Å². The molecule has 0 saturated carbocycles. The zero-order chi connectivity index (χ0) is 50.6. The Bertz CT molecular complexity index is 4020. The maximum Gasteiger partial charge on any atom is 0.163 e. The summed E-state index contributed by atoms with van der Waals surface area (Å²) in [5, 5.41) is 54.4. The average molecular weight is 945 g/mol. The lowest BCUT2D eigenvalue weighted by atomic mass is 10.0. The molecule has 0 aliphatic carbocycles. The van der Waals surface area contributed by atoms with Crippen LogP contribution in [-0.4, -0.2) is 24.1 Å². The third-order valence-corrected chi connectivity index (χ3v) is 13.7. The number of rotatable bonds is 7. The van der Waals surface area contributed by atoms with Gasteiger partial charge in [0.15, 0.2) is 5.82 Å². The summed E-state index contributed by atoms with van der Waals surface area (Å²) in [5.41, 5.74) is 15.2. The van der Waals surface area contributed by atoms with Crippen molar-refractivity contribution in [3.05, 3.63) is 221 Å². The topological polar surface area (TPSA) is 167 Å². The molecule has 3 aromatic heterocycles. The van der Waals surface area contributed by atoms with Crippen LogP contribution < -0.4 is 0 Å². The summed E-state index contributed by atoms with van der Waals surface area (Å²) in [5.74, 6) is 1.54. The lowest BCUT2D eigenvalue weighted by Crippen LogP contribution is -2.07. The first-order valence-corrected chi connectivity index (χ1v) is 23.7. The van der Waals surface area contributed by atoms with Gasteiger partial charge in [0.2, 0.25) is 0 Å². The number of fused-ring (bicyclic) bond motifs is 6. The summed E-state index contributed by atoms with van der Waals surface area (Å²) >= 11 is 0. The molecule has 10 nitrogen and oxygen atoms in total. The highest BCUT2D eigenvalue weighted by atomic mass is 15.0. The number of nitriles is 5. The van der Waals surface area contributed by atoms with Crippen LogP contribution in [0, 0.1) is 70.5 Å². The van der Waals surface area contributed by atoms with E-state index in [1.54, 1.807) is 0 Å². The number of nitrogens with zero attached hydrogens (tertiary/aromatic N) is 10. The average Bonchev–Trinajstić information content (AvgIpc) is 3.96. The molecule has 10 heteroatoms. The molecule has 0 atom stereocenters. The monoisotopic (exact) mass is 944 g/mol. The fourth-order valence-electron chi connectivity index (χ4n) is 10.2. The Balaban J connectivity index is 1.22. The molecule has 0 N–H and O–H groups in total. The van der Waals surface area contributed by atoms with E-state index < -0.39 is 0 Å². The van der Waals surface area contributed by atoms with Crippen molar-refractivity contribution in [3.8, 4) is 97.6 Å². The number of aryl methyl sites for hydroxylation is 2. The molecule has 12 rings (SSSR count). The molecule has 0 aliphatic heterocycles. The molecule has 0 bridgehead atoms. The van der Waals surface area contributed by atoms with Gasteiger partial charge in [0.1, 0.15) is 23.3 Å². The molecule has 74 heavy (non-hydrogen) atoms. The normalized spacial score (nSPS) is 11.0. The number of hydrogen-bond acceptors (Lipinski definition) is 8. The molecular formula is C64H36N10. The van der Waals surface area contributed by atoms with Crippen molar-refractivity contribution in [1.82, 2.24) is 24.1 Å². The first-order valence-electron chi connectivity index (χ1n) is 23.7. The minimum Gasteiger partial charge on any atom is -0.308 e. The van der Waals surface area contributed by atoms with Crippen molar-refractivity contribution in [2.24, 2.45) is 0 Å². The van der Waals surface area contributed by atoms with Crippen LogP contribution in [0.2, 0.25) is 0 Å². The lowest BCUT2D eigenvalue weighted by Gasteiger charge is -2.19. The van der Waals surface area contributed by atoms with Gasteiger partial charge in [-0.25, -0.2) is 15.0 Å². The first-order chi connectivity index (χ1) is 36.2. The molecule has 0 fully saturated rings. The van der Waals surface area contributed by atoms with Gasteiger partial charge in [0.25, 0.3) is 0 Å². The Labute approximate surface area is 425 Å². The molecule has 0 saturated heterocycles. The quantitative estimate of drug-likeness (QED) is 0.152. The third kappa shape index (κ3) is 7.52. The largest absolute Gasteiger partial charge is 0.308 e. The van der Waals surface area contributed by atoms with E-state index in [0.717, 1.165) is 88.1 Å². The number of aromatic nitrogens is 5. The Morgan fingerprint density at radius 1 is 0.297 bits per heavy atom. The van der Waals surface area contributed by atoms with E-state index in [-0.39, 0.29) is 0 Å². The first kappa shape index (κ1) is 44.3. The van der Waals surface area contributed by atoms with Crippen molar-refractivity contribution < 1.29 is 0 Å². The van der Waals surface area contributed by atoms with Gasteiger partial charge in [-0.1, -0.05) is 97.1 Å². The SMILES string of the molecule is Cc1nc(C)nc(-c2cc(-n3c4cc(-c5ccc(C#N)cc5)ccc4c4ccc(-c5ccc(C#N)cc5)cc43)c(C#N)c(-n3c4cc(-c5ccc(C#N)cc5)ccc4c4ccc(-c5ccc(C#N)cc5)cc43)c2)n1. The predicted molar refractivity (Wildman–Crippen MR) is 289 cm³/mol. The second-order valence-electron chi connectivity index (χ2n) is 18.1. The van der Waals surface area contributed by atoms with Gasteiger partial charge in [-0.15, -0.1) is 0 Å². The minimum atomic E-state index is 0.383. The molecule has 0 radical (unpaired) electrons. The maximum atomic E-state index is 11.9. The number of benzene rings is 9. The minimum absolute atomic E-state index is 0.383. The van der Waals surface area contributed by atoms with Gasteiger partial charge in [0, 0.05) is 27.1 Å². The van der Waals surface area contributed by atoms with Crippen molar-refractivity contribution >= 4 is 43.6 Å². The number of hydrogen-bond donors (Lipinski definition) is 0. The van der Waals surface area contributed by atoms with Crippen LogP contribution in [0.3, 0.4) is 0 Å². The van der Waals surface area contributed by atoms with Crippen molar-refractivity contribution in [2.75, 3.05) is 0 Å². The Morgan fingerprint density at radius 2 is 0.568 bits per heavy atom. The molecule has 342 valence electrons. The molecule has 3 heterocycles. The van der Waals surface area contributed by atoms with E-state index in [9.17, 15) is 26.3 Å². The zero-order valence-electron chi connectivity index (χ0n) is 39.8. The highest BCUT2D eigenvalue weighted by molar-refractivity contribution is 6.13. The molecule has 9 aromatic carbocycles. The summed E-state index contributed by atoms with van der Waals surface area (Å²) in [6, 6.07) is 71.0. The third-order valence-electron chi connectivity index (χ3n) is 13.7. The molecular weight excluding hydrogens is 909 g/mol. The van der Waals surface area contributed by atoms with Crippen LogP contribution in [0.25, 0.3) is 111 Å². The molecule has 0 amide bonds. The summed E-state index contributed by atoms with van der Waals surface area (Å²) in [6.07, 6.45) is 0. The summed E-state index contributed by atoms with van der Waals surface area (Å²) in [6.45, 7) is 3.68. The Hall–Kier alpha value is -11.0. The van der Waals surface area contributed by atoms with Crippen LogP contribution in [0.1, 0.15) is 39.5 Å². The van der Waals surface area contributed by atoms with E-state index in [1.165, 1.54) is 0 Å². The van der Waals surface area contributed by atoms with Gasteiger partial charge in [-0.05, 0) is 143 Å². The fraction of sp³-hybridized carbons (Fsp3) is 0.0312. The van der Waals surface area contributed by atoms with E-state index in [2.05, 4.69) is 117 Å². The van der Waals surface area contributed by atoms with E-state index in [1.807, 2.05) is 123 Å². The summed E-state index contributed by atoms with van der Waals surface area (Å²) < 4.78 is 4.32. The van der Waals surface area contributed by atoms with Gasteiger partial charge >= 0.3 is 0 Å². The Morgan fingerprint density at radius 3 is 0.824 bits per heavy atom. The van der Waals surface area contributed by atoms with Crippen LogP contribution in [0.5, 0.6) is 0 Å². The Kier molecular flexibility index (Phi) is 10.6. The van der Waals surface area contributed by atoms with Gasteiger partial charge in [-0.2, -0.15) is 26.3 Å². The van der Waals surface area contributed by atoms with E-state index >= 15 is 0 Å². The van der Waals surface area contributed by atoms with E-state index in [4.69, 9.17) is 9.97 Å². The molecule has 12 aromatic rings. The second kappa shape index (κ2) is 17.8. The standard InChI is InChI=1S/C64H36N10/c1-38-70-39(2)72-64(71-38)52-31-62(73-58-27-48(44-11-3-40(33-65)4-12-44)19-23-53(58)54-24-20-49(28-59(54)73)45-13-5-41(34-66)6-14-45)57(37-69)63(32-52)74-60-29-50(46-15-7-42(35-67)8-16-46)21-25-55(60)56-26-22-51(30-61(56)74)47-17-9-43(36-68)10-18-47/h3-32H,1-2H3. The highest BCUT2D eigenvalue weighted by Crippen LogP contribution is 2.43. The highest BCUT2D eigenvalue weighted by Gasteiger charge is 2.25. The van der Waals surface area contributed by atoms with Crippen molar-refractivity contribution in [1.29, 1.82) is 26.3 Å². The maximum absolute atomic E-state index is 11.9. The molecule has 0 spiro atoms. The smallest absolute Gasteiger partial charge is 0.163 e. The van der Waals surface area contributed by atoms with Gasteiger partial charge < -0.3 is 9.13 Å². The summed E-state index contributed by atoms with van der Waals surface area (Å²) in [4.78, 5) is 14.4. The zero-order valence-corrected chi connectivity index (χ0v) is 39.8. The van der Waals surface area contributed by atoms with Crippen molar-refractivity contribution in [2.45, 2.75) is 13.8 Å². The fourth-order valence-corrected chi connectivity index (χ4v) is 10.2. The van der Waals surface area contributed by atoms with Crippen LogP contribution in [0.15, 0.2) is 182 Å². The lowest BCUT2D eigenvalue weighted by molar-refractivity contribution is 0.927. The van der Waals surface area contributed by atoms with Crippen LogP contribution >= 0.6 is 0 Å². The summed E-state index contributed by atoms with van der Waals surface area (Å²) in [7, 11) is 0. The van der Waals surface area contributed by atoms with E-state index in [0.29, 0.717) is 62.2 Å².